The zero-order valence-electron chi connectivity index (χ0n) is 23.7. The van der Waals surface area contributed by atoms with Crippen molar-refractivity contribution in [3.63, 3.8) is 0 Å². The first-order chi connectivity index (χ1) is 20.8. The van der Waals surface area contributed by atoms with Crippen molar-refractivity contribution >= 4 is 11.8 Å². The Morgan fingerprint density at radius 2 is 1.58 bits per heavy atom. The van der Waals surface area contributed by atoms with Gasteiger partial charge in [0, 0.05) is 12.1 Å². The molecule has 1 amide bonds. The molecule has 0 spiro atoms. The standard InChI is InChI=1S/C30H25F9N4O2/c1-3-27(41)13-23(22-12-19(28(31,32)33)5-6-24(22)43(27)26(44)45-4-2)25-18(8-17(14-40)15-42-25)7-16-9-20(29(34,35)36)11-21(10-16)30(37,38)39/h5-6,8-12,15,23H,3-4,7,13,41H2,1-2H3/t23-,27+/m0/s1. The Morgan fingerprint density at radius 1 is 0.978 bits per heavy atom. The Hall–Kier alpha value is -4.32. The van der Waals surface area contributed by atoms with Gasteiger partial charge in [-0.05, 0) is 85.3 Å². The summed E-state index contributed by atoms with van der Waals surface area (Å²) in [5.74, 6) is -1.13. The highest BCUT2D eigenvalue weighted by molar-refractivity contribution is 5.91. The molecule has 1 aliphatic rings. The van der Waals surface area contributed by atoms with Crippen molar-refractivity contribution in [3.8, 4) is 6.07 Å². The number of alkyl halides is 9. The SMILES string of the molecule is CCOC(=O)N1c2ccc(C(F)(F)F)cc2[C@@H](c2ncc(C#N)cc2Cc2cc(C(F)(F)F)cc(C(F)(F)F)c2)C[C@@]1(N)CC. The van der Waals surface area contributed by atoms with Crippen LogP contribution >= 0.6 is 0 Å². The normalized spacial score (nSPS) is 18.7. The number of halogens is 9. The molecule has 1 aliphatic heterocycles. The Bertz CT molecular complexity index is 1610. The summed E-state index contributed by atoms with van der Waals surface area (Å²) >= 11 is 0. The molecule has 0 fully saturated rings. The number of benzene rings is 2. The molecule has 0 unspecified atom stereocenters. The molecule has 240 valence electrons. The second-order valence-corrected chi connectivity index (χ2v) is 10.5. The van der Waals surface area contributed by atoms with Crippen LogP contribution in [-0.4, -0.2) is 23.3 Å². The number of carbonyl (C=O) groups excluding carboxylic acids is 1. The van der Waals surface area contributed by atoms with E-state index in [1.54, 1.807) is 13.0 Å². The molecule has 6 nitrogen and oxygen atoms in total. The number of nitrogens with two attached hydrogens (primary N) is 1. The van der Waals surface area contributed by atoms with Gasteiger partial charge in [-0.1, -0.05) is 6.92 Å². The van der Waals surface area contributed by atoms with Gasteiger partial charge in [-0.3, -0.25) is 9.88 Å². The summed E-state index contributed by atoms with van der Waals surface area (Å²) in [5, 5.41) is 9.49. The van der Waals surface area contributed by atoms with Gasteiger partial charge in [0.25, 0.3) is 0 Å². The number of anilines is 1. The fourth-order valence-corrected chi connectivity index (χ4v) is 5.40. The molecule has 0 radical (unpaired) electrons. The number of ether oxygens (including phenoxy) is 1. The number of hydrogen-bond acceptors (Lipinski definition) is 5. The summed E-state index contributed by atoms with van der Waals surface area (Å²) in [5.41, 5.74) is 0.197. The van der Waals surface area contributed by atoms with Crippen LogP contribution < -0.4 is 10.6 Å². The summed E-state index contributed by atoms with van der Waals surface area (Å²) in [6.45, 7) is 3.06. The van der Waals surface area contributed by atoms with Crippen molar-refractivity contribution < 1.29 is 49.0 Å². The monoisotopic (exact) mass is 644 g/mol. The molecule has 3 aromatic rings. The summed E-state index contributed by atoms with van der Waals surface area (Å²) in [7, 11) is 0. The molecular formula is C30H25F9N4O2. The van der Waals surface area contributed by atoms with E-state index >= 15 is 0 Å². The number of hydrogen-bond donors (Lipinski definition) is 1. The lowest BCUT2D eigenvalue weighted by molar-refractivity contribution is -0.143. The Kier molecular flexibility index (Phi) is 8.87. The third-order valence-corrected chi connectivity index (χ3v) is 7.54. The van der Waals surface area contributed by atoms with Crippen LogP contribution in [-0.2, 0) is 29.7 Å². The van der Waals surface area contributed by atoms with Crippen molar-refractivity contribution in [1.82, 2.24) is 4.98 Å². The first-order valence-corrected chi connectivity index (χ1v) is 13.5. The minimum Gasteiger partial charge on any atom is -0.449 e. The van der Waals surface area contributed by atoms with Crippen LogP contribution in [0.25, 0.3) is 0 Å². The number of nitriles is 1. The quantitative estimate of drug-likeness (QED) is 0.283. The highest BCUT2D eigenvalue weighted by atomic mass is 19.4. The molecule has 15 heteroatoms. The van der Waals surface area contributed by atoms with E-state index in [-0.39, 0.29) is 53.6 Å². The second kappa shape index (κ2) is 11.9. The van der Waals surface area contributed by atoms with Crippen LogP contribution in [0.2, 0.25) is 0 Å². The van der Waals surface area contributed by atoms with E-state index in [4.69, 9.17) is 10.5 Å². The molecule has 0 saturated carbocycles. The molecular weight excluding hydrogens is 619 g/mol. The van der Waals surface area contributed by atoms with E-state index in [0.29, 0.717) is 12.1 Å². The third-order valence-electron chi connectivity index (χ3n) is 7.54. The van der Waals surface area contributed by atoms with Crippen LogP contribution in [0.1, 0.15) is 77.2 Å². The van der Waals surface area contributed by atoms with Crippen molar-refractivity contribution in [2.75, 3.05) is 11.5 Å². The highest BCUT2D eigenvalue weighted by Crippen LogP contribution is 2.48. The molecule has 2 heterocycles. The van der Waals surface area contributed by atoms with E-state index in [0.717, 1.165) is 29.3 Å². The lowest BCUT2D eigenvalue weighted by Gasteiger charge is -2.47. The van der Waals surface area contributed by atoms with Crippen molar-refractivity contribution in [2.24, 2.45) is 5.73 Å². The molecule has 1 aromatic heterocycles. The van der Waals surface area contributed by atoms with E-state index in [1.807, 2.05) is 0 Å². The van der Waals surface area contributed by atoms with Crippen LogP contribution in [0.5, 0.6) is 0 Å². The van der Waals surface area contributed by atoms with Crippen LogP contribution in [0, 0.1) is 11.3 Å². The lowest BCUT2D eigenvalue weighted by atomic mass is 9.77. The Labute approximate surface area is 251 Å². The summed E-state index contributed by atoms with van der Waals surface area (Å²) in [4.78, 5) is 18.3. The summed E-state index contributed by atoms with van der Waals surface area (Å²) in [6, 6.07) is 6.60. The van der Waals surface area contributed by atoms with Gasteiger partial charge in [0.15, 0.2) is 0 Å². The number of carbonyl (C=O) groups is 1. The van der Waals surface area contributed by atoms with Gasteiger partial charge in [-0.25, -0.2) is 4.79 Å². The average molecular weight is 645 g/mol. The fourth-order valence-electron chi connectivity index (χ4n) is 5.40. The molecule has 0 aliphatic carbocycles. The van der Waals surface area contributed by atoms with Gasteiger partial charge in [-0.2, -0.15) is 44.8 Å². The molecule has 4 rings (SSSR count). The van der Waals surface area contributed by atoms with E-state index < -0.39 is 64.9 Å². The van der Waals surface area contributed by atoms with Gasteiger partial charge < -0.3 is 10.5 Å². The van der Waals surface area contributed by atoms with Crippen molar-refractivity contribution in [2.45, 2.75) is 63.2 Å². The average Bonchev–Trinajstić information content (AvgIpc) is 2.95. The Morgan fingerprint density at radius 3 is 2.09 bits per heavy atom. The molecule has 2 aromatic carbocycles. The lowest BCUT2D eigenvalue weighted by Crippen LogP contribution is -2.61. The molecule has 45 heavy (non-hydrogen) atoms. The van der Waals surface area contributed by atoms with Gasteiger partial charge in [0.05, 0.1) is 40.2 Å². The summed E-state index contributed by atoms with van der Waals surface area (Å²) < 4.78 is 128. The topological polar surface area (TPSA) is 92.2 Å². The largest absolute Gasteiger partial charge is 0.449 e. The van der Waals surface area contributed by atoms with Crippen LogP contribution in [0.15, 0.2) is 48.7 Å². The maximum Gasteiger partial charge on any atom is 0.416 e. The number of amides is 1. The minimum absolute atomic E-state index is 0.0158. The van der Waals surface area contributed by atoms with E-state index in [2.05, 4.69) is 4.98 Å². The molecule has 0 bridgehead atoms. The first kappa shape index (κ1) is 33.6. The van der Waals surface area contributed by atoms with E-state index in [9.17, 15) is 49.6 Å². The van der Waals surface area contributed by atoms with Gasteiger partial charge in [-0.15, -0.1) is 0 Å². The molecule has 0 saturated heterocycles. The fraction of sp³-hybridized carbons (Fsp3) is 0.367. The minimum atomic E-state index is -5.13. The van der Waals surface area contributed by atoms with Gasteiger partial charge in [0.2, 0.25) is 0 Å². The van der Waals surface area contributed by atoms with Crippen molar-refractivity contribution in [3.05, 3.63) is 93.3 Å². The van der Waals surface area contributed by atoms with Crippen molar-refractivity contribution in [1.29, 1.82) is 5.26 Å². The third kappa shape index (κ3) is 6.85. The zero-order chi connectivity index (χ0) is 33.5. The van der Waals surface area contributed by atoms with E-state index in [1.165, 1.54) is 13.0 Å². The van der Waals surface area contributed by atoms with Gasteiger partial charge >= 0.3 is 24.6 Å². The van der Waals surface area contributed by atoms with Gasteiger partial charge in [0.1, 0.15) is 11.7 Å². The summed E-state index contributed by atoms with van der Waals surface area (Å²) in [6.07, 6.45) is -15.7. The molecule has 2 N–H and O–H groups in total. The molecule has 2 atom stereocenters. The number of pyridine rings is 1. The zero-order valence-corrected chi connectivity index (χ0v) is 23.7. The smallest absolute Gasteiger partial charge is 0.416 e. The predicted molar refractivity (Wildman–Crippen MR) is 143 cm³/mol. The predicted octanol–water partition coefficient (Wildman–Crippen LogP) is 8.16. The Balaban J connectivity index is 1.97. The second-order valence-electron chi connectivity index (χ2n) is 10.5. The highest BCUT2D eigenvalue weighted by Gasteiger charge is 2.47. The number of aromatic nitrogens is 1. The number of rotatable bonds is 5. The maximum absolute atomic E-state index is 13.9. The van der Waals surface area contributed by atoms with Crippen LogP contribution in [0.4, 0.5) is 50.0 Å². The van der Waals surface area contributed by atoms with Crippen LogP contribution in [0.3, 0.4) is 0 Å². The number of fused-ring (bicyclic) bond motifs is 1. The maximum atomic E-state index is 13.9. The number of nitrogens with zero attached hydrogens (tertiary/aromatic N) is 3. The first-order valence-electron chi connectivity index (χ1n) is 13.5.